The number of nitrogens with zero attached hydrogens (tertiary/aromatic N) is 5. The molecule has 1 atom stereocenters. The van der Waals surface area contributed by atoms with Crippen molar-refractivity contribution in [1.82, 2.24) is 24.3 Å². The van der Waals surface area contributed by atoms with Crippen LogP contribution in [0.2, 0.25) is 0 Å². The Balaban J connectivity index is 1.51. The summed E-state index contributed by atoms with van der Waals surface area (Å²) in [6.07, 6.45) is 6.98. The van der Waals surface area contributed by atoms with Crippen molar-refractivity contribution >= 4 is 23.1 Å². The molecule has 4 aromatic rings. The van der Waals surface area contributed by atoms with E-state index in [1.165, 1.54) is 0 Å². The molecule has 3 aromatic heterocycles. The first kappa shape index (κ1) is 22.3. The quantitative estimate of drug-likeness (QED) is 0.460. The van der Waals surface area contributed by atoms with Crippen LogP contribution in [-0.2, 0) is 4.79 Å². The summed E-state index contributed by atoms with van der Waals surface area (Å²) in [7, 11) is 0. The Labute approximate surface area is 203 Å². The second-order valence-corrected chi connectivity index (χ2v) is 8.33. The molecule has 2 amide bonds. The van der Waals surface area contributed by atoms with E-state index in [0.29, 0.717) is 17.9 Å². The number of aromatic nitrogens is 4. The summed E-state index contributed by atoms with van der Waals surface area (Å²) in [5, 5.41) is 2.79. The van der Waals surface area contributed by atoms with Crippen LogP contribution in [0, 0.1) is 18.8 Å². The molecule has 1 N–H and O–H groups in total. The van der Waals surface area contributed by atoms with Gasteiger partial charge in [0.25, 0.3) is 11.8 Å². The summed E-state index contributed by atoms with van der Waals surface area (Å²) in [6, 6.07) is 12.5. The van der Waals surface area contributed by atoms with E-state index in [4.69, 9.17) is 4.98 Å². The Morgan fingerprint density at radius 3 is 2.66 bits per heavy atom. The minimum atomic E-state index is -0.236. The van der Waals surface area contributed by atoms with Crippen LogP contribution in [0.15, 0.2) is 61.1 Å². The Morgan fingerprint density at radius 1 is 1.09 bits per heavy atom. The van der Waals surface area contributed by atoms with Crippen molar-refractivity contribution in [3.63, 3.8) is 0 Å². The number of hydrogen-bond acceptors (Lipinski definition) is 5. The third-order valence-electron chi connectivity index (χ3n) is 6.14. The molecule has 0 saturated carbocycles. The Bertz CT molecular complexity index is 1460. The molecular formula is C27H24N6O2. The van der Waals surface area contributed by atoms with Gasteiger partial charge in [-0.05, 0) is 56.9 Å². The summed E-state index contributed by atoms with van der Waals surface area (Å²) >= 11 is 0. The number of carbonyl (C=O) groups excluding carboxylic acids is 2. The molecule has 8 heteroatoms. The normalized spacial score (nSPS) is 15.0. The Morgan fingerprint density at radius 2 is 1.91 bits per heavy atom. The monoisotopic (exact) mass is 464 g/mol. The third kappa shape index (κ3) is 4.24. The van der Waals surface area contributed by atoms with E-state index in [-0.39, 0.29) is 17.9 Å². The first-order chi connectivity index (χ1) is 17.1. The van der Waals surface area contributed by atoms with Gasteiger partial charge in [0.1, 0.15) is 11.6 Å². The fourth-order valence-electron chi connectivity index (χ4n) is 4.52. The lowest BCUT2D eigenvalue weighted by atomic mass is 10.1. The number of fused-ring (bicyclic) bond motifs is 1. The number of anilines is 1. The molecule has 1 aromatic carbocycles. The summed E-state index contributed by atoms with van der Waals surface area (Å²) in [6.45, 7) is 4.27. The summed E-state index contributed by atoms with van der Waals surface area (Å²) in [5.74, 6) is 6.25. The third-order valence-corrected chi connectivity index (χ3v) is 6.14. The van der Waals surface area contributed by atoms with Crippen LogP contribution >= 0.6 is 0 Å². The predicted molar refractivity (Wildman–Crippen MR) is 132 cm³/mol. The van der Waals surface area contributed by atoms with Crippen LogP contribution in [0.3, 0.4) is 0 Å². The van der Waals surface area contributed by atoms with Crippen LogP contribution in [-0.4, -0.2) is 42.6 Å². The van der Waals surface area contributed by atoms with Gasteiger partial charge in [-0.15, -0.1) is 0 Å². The maximum atomic E-state index is 12.6. The van der Waals surface area contributed by atoms with Crippen LogP contribution < -0.4 is 5.32 Å². The van der Waals surface area contributed by atoms with E-state index >= 15 is 0 Å². The van der Waals surface area contributed by atoms with Crippen LogP contribution in [0.1, 0.15) is 47.7 Å². The zero-order valence-corrected chi connectivity index (χ0v) is 19.5. The van der Waals surface area contributed by atoms with Crippen molar-refractivity contribution in [2.75, 3.05) is 11.9 Å². The molecule has 4 heterocycles. The molecular weight excluding hydrogens is 440 g/mol. The van der Waals surface area contributed by atoms with Crippen molar-refractivity contribution in [3.05, 3.63) is 78.1 Å². The summed E-state index contributed by atoms with van der Waals surface area (Å²) < 4.78 is 2.02. The Hall–Kier alpha value is -4.51. The molecule has 0 spiro atoms. The summed E-state index contributed by atoms with van der Waals surface area (Å²) in [4.78, 5) is 40.7. The number of carbonyl (C=O) groups is 2. The van der Waals surface area contributed by atoms with Gasteiger partial charge < -0.3 is 10.2 Å². The van der Waals surface area contributed by atoms with E-state index in [2.05, 4.69) is 27.1 Å². The van der Waals surface area contributed by atoms with Crippen LogP contribution in [0.4, 0.5) is 5.82 Å². The van der Waals surface area contributed by atoms with E-state index in [0.717, 1.165) is 41.1 Å². The van der Waals surface area contributed by atoms with Crippen molar-refractivity contribution in [1.29, 1.82) is 0 Å². The van der Waals surface area contributed by atoms with Gasteiger partial charge in [0.15, 0.2) is 0 Å². The van der Waals surface area contributed by atoms with Gasteiger partial charge >= 0.3 is 0 Å². The lowest BCUT2D eigenvalue weighted by Gasteiger charge is -2.21. The minimum Gasteiger partial charge on any atom is -0.322 e. The largest absolute Gasteiger partial charge is 0.322 e. The number of hydrogen-bond donors (Lipinski definition) is 1. The maximum absolute atomic E-state index is 12.6. The van der Waals surface area contributed by atoms with E-state index in [1.807, 2.05) is 35.7 Å². The molecule has 0 bridgehead atoms. The van der Waals surface area contributed by atoms with Crippen molar-refractivity contribution in [2.24, 2.45) is 0 Å². The van der Waals surface area contributed by atoms with Gasteiger partial charge in [-0.25, -0.2) is 9.97 Å². The lowest BCUT2D eigenvalue weighted by molar-refractivity contribution is -0.126. The highest BCUT2D eigenvalue weighted by atomic mass is 16.2. The highest BCUT2D eigenvalue weighted by molar-refractivity contribution is 6.04. The van der Waals surface area contributed by atoms with Crippen molar-refractivity contribution in [3.8, 4) is 23.1 Å². The fourth-order valence-corrected chi connectivity index (χ4v) is 4.52. The Kier molecular flexibility index (Phi) is 5.98. The average Bonchev–Trinajstić information content (AvgIpc) is 3.51. The molecule has 1 aliphatic heterocycles. The van der Waals surface area contributed by atoms with Gasteiger partial charge in [0.05, 0.1) is 22.9 Å². The number of benzene rings is 1. The van der Waals surface area contributed by atoms with Gasteiger partial charge in [0, 0.05) is 36.3 Å². The average molecular weight is 465 g/mol. The fraction of sp³-hybridized carbons (Fsp3) is 0.222. The number of pyridine rings is 1. The summed E-state index contributed by atoms with van der Waals surface area (Å²) in [5.41, 5.74) is 3.87. The molecule has 1 unspecified atom stereocenters. The van der Waals surface area contributed by atoms with E-state index in [9.17, 15) is 9.59 Å². The number of aryl methyl sites for hydroxylation is 1. The van der Waals surface area contributed by atoms with Gasteiger partial charge in [-0.1, -0.05) is 24.1 Å². The molecule has 8 nitrogen and oxygen atoms in total. The molecule has 1 fully saturated rings. The molecule has 5 rings (SSSR count). The number of imidazole rings is 1. The smallest absolute Gasteiger partial charge is 0.299 e. The number of likely N-dealkylation sites (tertiary alicyclic amines) is 1. The zero-order valence-electron chi connectivity index (χ0n) is 19.5. The zero-order chi connectivity index (χ0) is 24.4. The maximum Gasteiger partial charge on any atom is 0.299 e. The van der Waals surface area contributed by atoms with Crippen LogP contribution in [0.25, 0.3) is 16.8 Å². The highest BCUT2D eigenvalue weighted by Gasteiger charge is 2.33. The highest BCUT2D eigenvalue weighted by Crippen LogP contribution is 2.35. The lowest BCUT2D eigenvalue weighted by Crippen LogP contribution is -2.30. The van der Waals surface area contributed by atoms with E-state index in [1.54, 1.807) is 48.5 Å². The molecule has 0 aliphatic carbocycles. The second-order valence-electron chi connectivity index (χ2n) is 8.33. The van der Waals surface area contributed by atoms with Gasteiger partial charge in [0.2, 0.25) is 0 Å². The van der Waals surface area contributed by atoms with Crippen molar-refractivity contribution < 1.29 is 9.59 Å². The first-order valence-electron chi connectivity index (χ1n) is 11.5. The van der Waals surface area contributed by atoms with Crippen LogP contribution in [0.5, 0.6) is 0 Å². The molecule has 0 radical (unpaired) electrons. The number of amides is 2. The molecule has 1 saturated heterocycles. The SMILES string of the molecule is CC#CC(=O)N1CCCC1c1nc(-c2ccc(C(=O)Nc3ccccn3)cc2)c2c(C)nccn12. The van der Waals surface area contributed by atoms with Gasteiger partial charge in [-0.2, -0.15) is 0 Å². The first-order valence-corrected chi connectivity index (χ1v) is 11.5. The molecule has 35 heavy (non-hydrogen) atoms. The number of rotatable bonds is 4. The molecule has 174 valence electrons. The topological polar surface area (TPSA) is 92.5 Å². The standard InChI is InChI=1S/C27H24N6O2/c1-3-7-23(34)32-16-6-8-21(32)26-31-24(25-18(2)28-15-17-33(25)26)19-10-12-20(13-11-19)27(35)30-22-9-4-5-14-29-22/h4-5,9-15,17,21H,6,8,16H2,1-2H3,(H,29,30,35). The van der Waals surface area contributed by atoms with E-state index < -0.39 is 0 Å². The van der Waals surface area contributed by atoms with Gasteiger partial charge in [-0.3, -0.25) is 19.0 Å². The minimum absolute atomic E-state index is 0.158. The second kappa shape index (κ2) is 9.39. The number of nitrogens with one attached hydrogen (secondary N) is 1. The predicted octanol–water partition coefficient (Wildman–Crippen LogP) is 4.04. The molecule has 1 aliphatic rings. The van der Waals surface area contributed by atoms with Crippen molar-refractivity contribution in [2.45, 2.75) is 32.7 Å².